The summed E-state index contributed by atoms with van der Waals surface area (Å²) in [5.41, 5.74) is 1.51. The molecule has 4 atom stereocenters. The van der Waals surface area contributed by atoms with Crippen LogP contribution in [0.3, 0.4) is 0 Å². The lowest BCUT2D eigenvalue weighted by Crippen LogP contribution is -2.34. The van der Waals surface area contributed by atoms with Crippen molar-refractivity contribution in [3.63, 3.8) is 0 Å². The molecule has 0 radical (unpaired) electrons. The summed E-state index contributed by atoms with van der Waals surface area (Å²) < 4.78 is 0. The molecule has 2 heteroatoms. The summed E-state index contributed by atoms with van der Waals surface area (Å²) >= 11 is 0. The van der Waals surface area contributed by atoms with Crippen LogP contribution in [0, 0.1) is 17.8 Å². The highest BCUT2D eigenvalue weighted by atomic mass is 16.3. The van der Waals surface area contributed by atoms with Crippen molar-refractivity contribution in [2.45, 2.75) is 84.3 Å². The van der Waals surface area contributed by atoms with Crippen molar-refractivity contribution in [3.8, 4) is 0 Å². The van der Waals surface area contributed by atoms with Crippen LogP contribution in [0.1, 0.15) is 73.1 Å². The van der Waals surface area contributed by atoms with Crippen LogP contribution in [0.4, 0.5) is 0 Å². The Bertz CT molecular complexity index is 454. The molecule has 22 heavy (non-hydrogen) atoms. The van der Waals surface area contributed by atoms with E-state index >= 15 is 0 Å². The molecular formula is C20H34O2. The highest BCUT2D eigenvalue weighted by Gasteiger charge is 2.47. The number of hydrogen-bond donors (Lipinski definition) is 2. The molecule has 126 valence electrons. The number of rotatable bonds is 1. The van der Waals surface area contributed by atoms with Gasteiger partial charge in [-0.05, 0) is 71.1 Å². The second-order valence-corrected chi connectivity index (χ2v) is 8.44. The molecule has 0 aromatic carbocycles. The maximum absolute atomic E-state index is 10.9. The van der Waals surface area contributed by atoms with Gasteiger partial charge in [0.2, 0.25) is 0 Å². The molecule has 0 aliphatic heterocycles. The third-order valence-electron chi connectivity index (χ3n) is 5.98. The van der Waals surface area contributed by atoms with Crippen LogP contribution in [-0.2, 0) is 0 Å². The molecule has 2 aliphatic carbocycles. The predicted octanol–water partition coefficient (Wildman–Crippen LogP) is 4.62. The Balaban J connectivity index is 2.34. The van der Waals surface area contributed by atoms with E-state index in [9.17, 15) is 10.2 Å². The molecule has 0 amide bonds. The minimum absolute atomic E-state index is 0.171. The standard InChI is InChI=1S/C20H34O2/c1-14(2)16-9-8-15(3)7-6-10-19(4,21)18-12-17(11-16)20(5,22)13-18/h7,11,14,17-18,21-22H,6,8-10,12-13H2,1-5H3. The van der Waals surface area contributed by atoms with Gasteiger partial charge in [-0.3, -0.25) is 0 Å². The molecule has 1 saturated carbocycles. The van der Waals surface area contributed by atoms with Crippen LogP contribution in [0.25, 0.3) is 0 Å². The van der Waals surface area contributed by atoms with E-state index in [1.54, 1.807) is 0 Å². The Kier molecular flexibility index (Phi) is 5.23. The first-order valence-electron chi connectivity index (χ1n) is 8.93. The molecule has 0 saturated heterocycles. The van der Waals surface area contributed by atoms with Gasteiger partial charge in [-0.2, -0.15) is 0 Å². The highest BCUT2D eigenvalue weighted by molar-refractivity contribution is 5.16. The third-order valence-corrected chi connectivity index (χ3v) is 5.98. The van der Waals surface area contributed by atoms with Gasteiger partial charge in [0.1, 0.15) is 0 Å². The second kappa shape index (κ2) is 6.49. The molecule has 2 N–H and O–H groups in total. The largest absolute Gasteiger partial charge is 0.390 e. The van der Waals surface area contributed by atoms with Gasteiger partial charge >= 0.3 is 0 Å². The van der Waals surface area contributed by atoms with E-state index in [0.29, 0.717) is 12.3 Å². The summed E-state index contributed by atoms with van der Waals surface area (Å²) in [4.78, 5) is 0. The van der Waals surface area contributed by atoms with Gasteiger partial charge in [-0.15, -0.1) is 0 Å². The quantitative estimate of drug-likeness (QED) is 0.694. The Hall–Kier alpha value is -0.600. The van der Waals surface area contributed by atoms with Crippen molar-refractivity contribution in [1.29, 1.82) is 0 Å². The Morgan fingerprint density at radius 1 is 1.14 bits per heavy atom. The molecule has 0 aromatic heterocycles. The van der Waals surface area contributed by atoms with Crippen LogP contribution in [-0.4, -0.2) is 21.4 Å². The van der Waals surface area contributed by atoms with Crippen LogP contribution < -0.4 is 0 Å². The normalized spacial score (nSPS) is 40.7. The second-order valence-electron chi connectivity index (χ2n) is 8.44. The molecule has 1 fully saturated rings. The van der Waals surface area contributed by atoms with Crippen LogP contribution >= 0.6 is 0 Å². The minimum atomic E-state index is -0.689. The van der Waals surface area contributed by atoms with Crippen molar-refractivity contribution in [1.82, 2.24) is 0 Å². The lowest BCUT2D eigenvalue weighted by molar-refractivity contribution is -0.0220. The zero-order chi connectivity index (χ0) is 16.5. The third kappa shape index (κ3) is 4.02. The molecule has 2 aliphatic rings. The van der Waals surface area contributed by atoms with Gasteiger partial charge in [0.05, 0.1) is 11.2 Å². The lowest BCUT2D eigenvalue weighted by atomic mass is 9.82. The maximum atomic E-state index is 10.9. The van der Waals surface area contributed by atoms with Crippen molar-refractivity contribution >= 4 is 0 Å². The molecule has 0 heterocycles. The number of hydrogen-bond acceptors (Lipinski definition) is 2. The number of fused-ring (bicyclic) bond motifs is 2. The SMILES string of the molecule is CC1=CCCC(C)(O)C2CC(C=C(C(C)C)CC1)C(C)(O)C2. The van der Waals surface area contributed by atoms with Gasteiger partial charge in [0.15, 0.2) is 0 Å². The van der Waals surface area contributed by atoms with Gasteiger partial charge in [0, 0.05) is 5.92 Å². The fourth-order valence-corrected chi connectivity index (χ4v) is 4.10. The van der Waals surface area contributed by atoms with Crippen LogP contribution in [0.15, 0.2) is 23.3 Å². The zero-order valence-electron chi connectivity index (χ0n) is 15.0. The average molecular weight is 306 g/mol. The predicted molar refractivity (Wildman–Crippen MR) is 92.6 cm³/mol. The summed E-state index contributed by atoms with van der Waals surface area (Å²) in [6.45, 7) is 10.6. The van der Waals surface area contributed by atoms with Crippen LogP contribution in [0.2, 0.25) is 0 Å². The molecular weight excluding hydrogens is 272 g/mol. The van der Waals surface area contributed by atoms with Gasteiger partial charge in [-0.25, -0.2) is 0 Å². The van der Waals surface area contributed by atoms with E-state index < -0.39 is 11.2 Å². The Morgan fingerprint density at radius 3 is 2.45 bits per heavy atom. The van der Waals surface area contributed by atoms with E-state index in [4.69, 9.17) is 0 Å². The Morgan fingerprint density at radius 2 is 1.82 bits per heavy atom. The zero-order valence-corrected chi connectivity index (χ0v) is 15.0. The summed E-state index contributed by atoms with van der Waals surface area (Å²) in [6, 6.07) is 0. The smallest absolute Gasteiger partial charge is 0.0686 e. The van der Waals surface area contributed by atoms with E-state index in [1.807, 2.05) is 13.8 Å². The first kappa shape index (κ1) is 17.7. The maximum Gasteiger partial charge on any atom is 0.0686 e. The van der Waals surface area contributed by atoms with E-state index in [2.05, 4.69) is 32.9 Å². The van der Waals surface area contributed by atoms with Crippen molar-refractivity contribution in [2.75, 3.05) is 0 Å². The van der Waals surface area contributed by atoms with Gasteiger partial charge < -0.3 is 10.2 Å². The van der Waals surface area contributed by atoms with Gasteiger partial charge in [0.25, 0.3) is 0 Å². The minimum Gasteiger partial charge on any atom is -0.390 e. The van der Waals surface area contributed by atoms with Crippen molar-refractivity contribution < 1.29 is 10.2 Å². The molecule has 2 bridgehead atoms. The molecule has 2 nitrogen and oxygen atoms in total. The number of aliphatic hydroxyl groups is 2. The first-order valence-corrected chi connectivity index (χ1v) is 8.93. The average Bonchev–Trinajstić information content (AvgIpc) is 2.69. The topological polar surface area (TPSA) is 40.5 Å². The van der Waals surface area contributed by atoms with E-state index in [-0.39, 0.29) is 11.8 Å². The van der Waals surface area contributed by atoms with Crippen molar-refractivity contribution in [3.05, 3.63) is 23.3 Å². The summed E-state index contributed by atoms with van der Waals surface area (Å²) in [6.07, 6.45) is 10.1. The van der Waals surface area contributed by atoms with Crippen LogP contribution in [0.5, 0.6) is 0 Å². The van der Waals surface area contributed by atoms with Gasteiger partial charge in [-0.1, -0.05) is 37.1 Å². The first-order chi connectivity index (χ1) is 10.1. The molecule has 0 aromatic rings. The van der Waals surface area contributed by atoms with Crippen molar-refractivity contribution in [2.24, 2.45) is 17.8 Å². The van der Waals surface area contributed by atoms with E-state index in [1.165, 1.54) is 11.1 Å². The lowest BCUT2D eigenvalue weighted by Gasteiger charge is -2.30. The summed E-state index contributed by atoms with van der Waals surface area (Å²) in [5.74, 6) is 0.876. The highest BCUT2D eigenvalue weighted by Crippen LogP contribution is 2.47. The van der Waals surface area contributed by atoms with E-state index in [0.717, 1.165) is 32.1 Å². The number of allylic oxidation sites excluding steroid dienone is 3. The molecule has 0 spiro atoms. The molecule has 4 unspecified atom stereocenters. The fraction of sp³-hybridized carbons (Fsp3) is 0.800. The molecule has 2 rings (SSSR count). The fourth-order valence-electron chi connectivity index (χ4n) is 4.10. The summed E-state index contributed by atoms with van der Waals surface area (Å²) in [5, 5.41) is 21.7. The Labute approximate surface area is 136 Å². The monoisotopic (exact) mass is 306 g/mol. The summed E-state index contributed by atoms with van der Waals surface area (Å²) in [7, 11) is 0.